The van der Waals surface area contributed by atoms with Crippen LogP contribution in [0.25, 0.3) is 11.1 Å². The van der Waals surface area contributed by atoms with Crippen molar-refractivity contribution in [3.05, 3.63) is 58.7 Å². The molecule has 2 aromatic carbocycles. The van der Waals surface area contributed by atoms with Gasteiger partial charge in [-0.2, -0.15) is 0 Å². The summed E-state index contributed by atoms with van der Waals surface area (Å²) < 4.78 is 0. The molecule has 0 heteroatoms. The Hall–Kier alpha value is -1.56. The number of fused-ring (bicyclic) bond motifs is 3. The summed E-state index contributed by atoms with van der Waals surface area (Å²) in [5, 5.41) is 0. The van der Waals surface area contributed by atoms with E-state index < -0.39 is 0 Å². The molecule has 1 aliphatic carbocycles. The highest BCUT2D eigenvalue weighted by molar-refractivity contribution is 5.75. The molecule has 0 N–H and O–H groups in total. The van der Waals surface area contributed by atoms with Crippen molar-refractivity contribution in [3.8, 4) is 11.1 Å². The van der Waals surface area contributed by atoms with Gasteiger partial charge in [-0.15, -0.1) is 0 Å². The lowest BCUT2D eigenvalue weighted by Gasteiger charge is -2.28. The van der Waals surface area contributed by atoms with E-state index in [1.54, 1.807) is 11.1 Å². The van der Waals surface area contributed by atoms with E-state index in [1.165, 1.54) is 47.9 Å². The second kappa shape index (κ2) is 6.05. The van der Waals surface area contributed by atoms with Crippen molar-refractivity contribution < 1.29 is 0 Å². The van der Waals surface area contributed by atoms with Crippen LogP contribution in [0.1, 0.15) is 61.8 Å². The molecule has 0 aliphatic heterocycles. The maximum absolute atomic E-state index is 2.46. The van der Waals surface area contributed by atoms with Gasteiger partial charge >= 0.3 is 0 Å². The highest BCUT2D eigenvalue weighted by Gasteiger charge is 2.23. The average Bonchev–Trinajstić information content (AvgIpc) is 2.53. The molecule has 1 atom stereocenters. The van der Waals surface area contributed by atoms with Crippen molar-refractivity contribution in [2.45, 2.75) is 58.8 Å². The first-order valence-electron chi connectivity index (χ1n) is 8.51. The smallest absolute Gasteiger partial charge is 0.0118 e. The molecule has 1 aliphatic rings. The second-order valence-electron chi connectivity index (χ2n) is 6.33. The minimum absolute atomic E-state index is 0.690. The Balaban J connectivity index is 2.16. The predicted octanol–water partition coefficient (Wildman–Crippen LogP) is 5.92. The lowest BCUT2D eigenvalue weighted by Crippen LogP contribution is -2.11. The number of rotatable bonds is 4. The minimum Gasteiger partial charge on any atom is -0.0651 e. The van der Waals surface area contributed by atoms with Crippen molar-refractivity contribution >= 4 is 0 Å². The van der Waals surface area contributed by atoms with E-state index in [0.717, 1.165) is 6.42 Å². The molecule has 0 radical (unpaired) electrons. The van der Waals surface area contributed by atoms with Crippen LogP contribution in [0.15, 0.2) is 36.4 Å². The molecule has 0 bridgehead atoms. The summed E-state index contributed by atoms with van der Waals surface area (Å²) >= 11 is 0. The molecule has 21 heavy (non-hydrogen) atoms. The lowest BCUT2D eigenvalue weighted by atomic mass is 9.76. The first kappa shape index (κ1) is 14.4. The molecule has 3 rings (SSSR count). The molecule has 0 nitrogen and oxygen atoms in total. The standard InChI is InChI=1S/C21H26/c1-4-7-16-9-11-19-17(6-3)14-18-10-8-15(5-2)12-20(18)21(19)13-16/h8-13,17H,4-7,14H2,1-3H3. The van der Waals surface area contributed by atoms with Crippen molar-refractivity contribution in [1.29, 1.82) is 0 Å². The molecule has 0 spiro atoms. The minimum atomic E-state index is 0.690. The molecular formula is C21H26. The zero-order valence-electron chi connectivity index (χ0n) is 13.6. The van der Waals surface area contributed by atoms with Gasteiger partial charge in [-0.1, -0.05) is 63.6 Å². The summed E-state index contributed by atoms with van der Waals surface area (Å²) in [6.07, 6.45) is 5.96. The van der Waals surface area contributed by atoms with Gasteiger partial charge in [0.15, 0.2) is 0 Å². The summed E-state index contributed by atoms with van der Waals surface area (Å²) in [4.78, 5) is 0. The fourth-order valence-electron chi connectivity index (χ4n) is 3.65. The van der Waals surface area contributed by atoms with Gasteiger partial charge in [0.25, 0.3) is 0 Å². The molecule has 1 unspecified atom stereocenters. The van der Waals surface area contributed by atoms with Crippen molar-refractivity contribution in [3.63, 3.8) is 0 Å². The monoisotopic (exact) mass is 278 g/mol. The number of hydrogen-bond acceptors (Lipinski definition) is 0. The zero-order valence-corrected chi connectivity index (χ0v) is 13.6. The van der Waals surface area contributed by atoms with E-state index in [9.17, 15) is 0 Å². The van der Waals surface area contributed by atoms with Gasteiger partial charge in [0.05, 0.1) is 0 Å². The van der Waals surface area contributed by atoms with Gasteiger partial charge in [-0.3, -0.25) is 0 Å². The molecule has 0 amide bonds. The molecule has 0 fully saturated rings. The Bertz CT molecular complexity index is 636. The van der Waals surface area contributed by atoms with Crippen LogP contribution in [-0.2, 0) is 19.3 Å². The van der Waals surface area contributed by atoms with Crippen LogP contribution in [0, 0.1) is 0 Å². The van der Waals surface area contributed by atoms with Crippen LogP contribution in [0.2, 0.25) is 0 Å². The normalized spacial score (nSPS) is 16.4. The van der Waals surface area contributed by atoms with Crippen LogP contribution in [0.5, 0.6) is 0 Å². The fourth-order valence-corrected chi connectivity index (χ4v) is 3.65. The Morgan fingerprint density at radius 1 is 0.905 bits per heavy atom. The molecule has 0 heterocycles. The van der Waals surface area contributed by atoms with Crippen LogP contribution >= 0.6 is 0 Å². The van der Waals surface area contributed by atoms with Crippen LogP contribution < -0.4 is 0 Å². The Labute approximate surface area is 129 Å². The van der Waals surface area contributed by atoms with Crippen molar-refractivity contribution in [2.24, 2.45) is 0 Å². The van der Waals surface area contributed by atoms with E-state index >= 15 is 0 Å². The molecule has 0 saturated heterocycles. The highest BCUT2D eigenvalue weighted by Crippen LogP contribution is 2.42. The average molecular weight is 278 g/mol. The molecule has 0 saturated carbocycles. The van der Waals surface area contributed by atoms with Crippen LogP contribution in [0.4, 0.5) is 0 Å². The maximum atomic E-state index is 2.46. The van der Waals surface area contributed by atoms with Crippen LogP contribution in [0.3, 0.4) is 0 Å². The summed E-state index contributed by atoms with van der Waals surface area (Å²) in [7, 11) is 0. The summed E-state index contributed by atoms with van der Waals surface area (Å²) in [5.41, 5.74) is 9.05. The van der Waals surface area contributed by atoms with E-state index in [-0.39, 0.29) is 0 Å². The Morgan fingerprint density at radius 2 is 1.67 bits per heavy atom. The van der Waals surface area contributed by atoms with Gasteiger partial charge in [0.1, 0.15) is 0 Å². The van der Waals surface area contributed by atoms with Crippen molar-refractivity contribution in [2.75, 3.05) is 0 Å². The fraction of sp³-hybridized carbons (Fsp3) is 0.429. The number of aryl methyl sites for hydroxylation is 2. The molecule has 2 aromatic rings. The van der Waals surface area contributed by atoms with E-state index in [0.29, 0.717) is 5.92 Å². The SMILES string of the molecule is CCCc1ccc2c(c1)-c1cc(CC)ccc1CC2CC. The third-order valence-corrected chi connectivity index (χ3v) is 4.93. The van der Waals surface area contributed by atoms with Gasteiger partial charge < -0.3 is 0 Å². The highest BCUT2D eigenvalue weighted by atomic mass is 14.3. The Morgan fingerprint density at radius 3 is 2.38 bits per heavy atom. The molecule has 0 aromatic heterocycles. The predicted molar refractivity (Wildman–Crippen MR) is 92.0 cm³/mol. The third-order valence-electron chi connectivity index (χ3n) is 4.93. The number of benzene rings is 2. The van der Waals surface area contributed by atoms with Crippen molar-refractivity contribution in [1.82, 2.24) is 0 Å². The quantitative estimate of drug-likeness (QED) is 0.651. The second-order valence-corrected chi connectivity index (χ2v) is 6.33. The summed E-state index contributed by atoms with van der Waals surface area (Å²) in [6, 6.07) is 14.3. The van der Waals surface area contributed by atoms with Gasteiger partial charge in [-0.25, -0.2) is 0 Å². The summed E-state index contributed by atoms with van der Waals surface area (Å²) in [6.45, 7) is 6.82. The lowest BCUT2D eigenvalue weighted by molar-refractivity contribution is 0.653. The third kappa shape index (κ3) is 2.64. The van der Waals surface area contributed by atoms with E-state index in [2.05, 4.69) is 57.2 Å². The first-order chi connectivity index (χ1) is 10.3. The first-order valence-corrected chi connectivity index (χ1v) is 8.51. The van der Waals surface area contributed by atoms with Gasteiger partial charge in [0.2, 0.25) is 0 Å². The Kier molecular flexibility index (Phi) is 4.14. The summed E-state index contributed by atoms with van der Waals surface area (Å²) in [5.74, 6) is 0.690. The van der Waals surface area contributed by atoms with E-state index in [4.69, 9.17) is 0 Å². The van der Waals surface area contributed by atoms with Gasteiger partial charge in [-0.05, 0) is 65.0 Å². The molecular weight excluding hydrogens is 252 g/mol. The molecule has 110 valence electrons. The zero-order chi connectivity index (χ0) is 14.8. The number of hydrogen-bond donors (Lipinski definition) is 0. The van der Waals surface area contributed by atoms with Crippen LogP contribution in [-0.4, -0.2) is 0 Å². The topological polar surface area (TPSA) is 0 Å². The largest absolute Gasteiger partial charge is 0.0651 e. The van der Waals surface area contributed by atoms with E-state index in [1.807, 2.05) is 0 Å². The maximum Gasteiger partial charge on any atom is -0.0118 e. The van der Waals surface area contributed by atoms with Gasteiger partial charge in [0, 0.05) is 0 Å².